The zero-order valence-electron chi connectivity index (χ0n) is 6.79. The molecule has 0 N–H and O–H groups in total. The Morgan fingerprint density at radius 1 is 1.73 bits per heavy atom. The van der Waals surface area contributed by atoms with E-state index in [0.29, 0.717) is 5.17 Å². The maximum absolute atomic E-state index is 10.8. The summed E-state index contributed by atoms with van der Waals surface area (Å²) in [5.74, 6) is -0.0756. The average Bonchev–Trinajstić information content (AvgIpc) is 1.98. The zero-order chi connectivity index (χ0) is 8.85. The van der Waals surface area contributed by atoms with Crippen LogP contribution >= 0.6 is 11.8 Å². The van der Waals surface area contributed by atoms with Crippen molar-refractivity contribution in [2.45, 2.75) is 6.92 Å². The maximum atomic E-state index is 10.8. The lowest BCUT2D eigenvalue weighted by Gasteiger charge is -2.13. The molecule has 1 amide bonds. The minimum absolute atomic E-state index is 0.0756. The van der Waals surface area contributed by atoms with Crippen LogP contribution in [0.3, 0.4) is 0 Å². The number of terminal acetylenes is 1. The Morgan fingerprint density at radius 3 is 2.55 bits per heavy atom. The monoisotopic (exact) mass is 170 g/mol. The first-order valence-electron chi connectivity index (χ1n) is 2.97. The Labute approximate surface area is 70.9 Å². The van der Waals surface area contributed by atoms with Crippen molar-refractivity contribution in [2.24, 2.45) is 4.99 Å². The van der Waals surface area contributed by atoms with Crippen LogP contribution in [-0.4, -0.2) is 30.1 Å². The molecule has 0 radical (unpaired) electrons. The van der Waals surface area contributed by atoms with Gasteiger partial charge in [0.05, 0.1) is 0 Å². The van der Waals surface area contributed by atoms with Crippen molar-refractivity contribution in [3.63, 3.8) is 0 Å². The number of hydrogen-bond donors (Lipinski definition) is 0. The number of carbonyl (C=O) groups is 1. The third kappa shape index (κ3) is 3.10. The molecule has 0 spiro atoms. The molecule has 0 heterocycles. The Bertz CT molecular complexity index is 217. The quantitative estimate of drug-likeness (QED) is 0.306. The number of rotatable bonds is 0. The van der Waals surface area contributed by atoms with E-state index >= 15 is 0 Å². The van der Waals surface area contributed by atoms with Crippen molar-refractivity contribution < 1.29 is 4.79 Å². The summed E-state index contributed by atoms with van der Waals surface area (Å²) in [5, 5.41) is 2.89. The Hall–Kier alpha value is -0.950. The summed E-state index contributed by atoms with van der Waals surface area (Å²) in [5.41, 5.74) is 0. The molecule has 0 rings (SSSR count). The number of thioether (sulfide) groups is 1. The van der Waals surface area contributed by atoms with E-state index in [4.69, 9.17) is 6.42 Å². The van der Waals surface area contributed by atoms with Crippen LogP contribution in [0.2, 0.25) is 0 Å². The summed E-state index contributed by atoms with van der Waals surface area (Å²) in [6.45, 7) is 1.46. The summed E-state index contributed by atoms with van der Waals surface area (Å²) < 4.78 is 0. The Morgan fingerprint density at radius 2 is 2.27 bits per heavy atom. The molecule has 0 aromatic rings. The first kappa shape index (κ1) is 10.0. The van der Waals surface area contributed by atoms with Crippen LogP contribution in [0.1, 0.15) is 6.92 Å². The smallest absolute Gasteiger partial charge is 0.225 e. The molecule has 0 saturated heterocycles. The van der Waals surface area contributed by atoms with Gasteiger partial charge in [-0.3, -0.25) is 14.7 Å². The van der Waals surface area contributed by atoms with Crippen molar-refractivity contribution in [3.8, 4) is 11.7 Å². The Kier molecular flexibility index (Phi) is 4.39. The van der Waals surface area contributed by atoms with E-state index in [-0.39, 0.29) is 5.91 Å². The normalized spacial score (nSPS) is 10.5. The molecule has 0 aliphatic heterocycles. The molecule has 0 unspecified atom stereocenters. The second-order valence-corrected chi connectivity index (χ2v) is 2.61. The van der Waals surface area contributed by atoms with E-state index in [1.54, 1.807) is 14.1 Å². The van der Waals surface area contributed by atoms with E-state index < -0.39 is 0 Å². The number of amidine groups is 1. The van der Waals surface area contributed by atoms with Gasteiger partial charge in [-0.2, -0.15) is 0 Å². The minimum Gasteiger partial charge on any atom is -0.294 e. The summed E-state index contributed by atoms with van der Waals surface area (Å²) in [6, 6.07) is 0. The maximum Gasteiger partial charge on any atom is 0.225 e. The molecule has 0 aliphatic rings. The highest BCUT2D eigenvalue weighted by atomic mass is 32.2. The topological polar surface area (TPSA) is 32.7 Å². The van der Waals surface area contributed by atoms with Gasteiger partial charge in [0.1, 0.15) is 0 Å². The lowest BCUT2D eigenvalue weighted by atomic mass is 10.6. The van der Waals surface area contributed by atoms with Gasteiger partial charge in [-0.05, 0) is 17.0 Å². The molecule has 0 bridgehead atoms. The molecule has 0 aromatic carbocycles. The van der Waals surface area contributed by atoms with Crippen LogP contribution in [0.15, 0.2) is 4.99 Å². The first-order valence-corrected chi connectivity index (χ1v) is 3.78. The van der Waals surface area contributed by atoms with E-state index in [1.807, 2.05) is 0 Å². The lowest BCUT2D eigenvalue weighted by Crippen LogP contribution is -2.28. The fourth-order valence-corrected chi connectivity index (χ4v) is 0.914. The highest BCUT2D eigenvalue weighted by Gasteiger charge is 2.08. The van der Waals surface area contributed by atoms with Gasteiger partial charge in [0.15, 0.2) is 5.17 Å². The van der Waals surface area contributed by atoms with Crippen LogP contribution in [-0.2, 0) is 4.79 Å². The number of carbonyl (C=O) groups excluding carboxylic acids is 1. The largest absolute Gasteiger partial charge is 0.294 e. The summed E-state index contributed by atoms with van der Waals surface area (Å²) in [7, 11) is 3.23. The van der Waals surface area contributed by atoms with Crippen LogP contribution in [0, 0.1) is 11.7 Å². The van der Waals surface area contributed by atoms with Crippen LogP contribution in [0.4, 0.5) is 0 Å². The number of hydrogen-bond acceptors (Lipinski definition) is 3. The molecule has 0 atom stereocenters. The van der Waals surface area contributed by atoms with Crippen molar-refractivity contribution >= 4 is 22.8 Å². The van der Waals surface area contributed by atoms with E-state index in [2.05, 4.69) is 10.2 Å². The molecule has 0 aliphatic carbocycles. The van der Waals surface area contributed by atoms with Crippen molar-refractivity contribution in [2.75, 3.05) is 14.1 Å². The van der Waals surface area contributed by atoms with Crippen LogP contribution in [0.5, 0.6) is 0 Å². The highest BCUT2D eigenvalue weighted by Crippen LogP contribution is 2.04. The third-order valence-electron chi connectivity index (χ3n) is 1.10. The van der Waals surface area contributed by atoms with Gasteiger partial charge in [-0.25, -0.2) is 0 Å². The average molecular weight is 170 g/mol. The van der Waals surface area contributed by atoms with Crippen LogP contribution in [0.25, 0.3) is 0 Å². The minimum atomic E-state index is -0.0756. The van der Waals surface area contributed by atoms with Gasteiger partial charge in [-0.15, -0.1) is 6.42 Å². The fraction of sp³-hybridized carbons (Fsp3) is 0.429. The highest BCUT2D eigenvalue weighted by molar-refractivity contribution is 8.17. The van der Waals surface area contributed by atoms with Gasteiger partial charge >= 0.3 is 0 Å². The van der Waals surface area contributed by atoms with E-state index in [9.17, 15) is 4.79 Å². The van der Waals surface area contributed by atoms with Crippen molar-refractivity contribution in [1.82, 2.24) is 4.90 Å². The summed E-state index contributed by atoms with van der Waals surface area (Å²) >= 11 is 1.10. The first-order chi connectivity index (χ1) is 5.13. The molecule has 60 valence electrons. The zero-order valence-corrected chi connectivity index (χ0v) is 7.60. The fourth-order valence-electron chi connectivity index (χ4n) is 0.452. The number of nitrogens with zero attached hydrogens (tertiary/aromatic N) is 2. The SMILES string of the molecule is C#CSC(=NC)N(C)C(C)=O. The van der Waals surface area contributed by atoms with Gasteiger partial charge in [-0.1, -0.05) is 0 Å². The molecule has 3 nitrogen and oxygen atoms in total. The van der Waals surface area contributed by atoms with Crippen LogP contribution < -0.4 is 0 Å². The molecule has 4 heteroatoms. The lowest BCUT2D eigenvalue weighted by molar-refractivity contribution is -0.124. The van der Waals surface area contributed by atoms with Crippen molar-refractivity contribution in [3.05, 3.63) is 0 Å². The Balaban J connectivity index is 4.30. The van der Waals surface area contributed by atoms with Gasteiger partial charge in [0.2, 0.25) is 5.91 Å². The van der Waals surface area contributed by atoms with E-state index in [0.717, 1.165) is 11.8 Å². The molecule has 11 heavy (non-hydrogen) atoms. The number of aliphatic imine (C=N–C) groups is 1. The predicted molar refractivity (Wildman–Crippen MR) is 48.2 cm³/mol. The molecule has 0 aromatic heterocycles. The second-order valence-electron chi connectivity index (χ2n) is 1.80. The molecule has 0 fully saturated rings. The van der Waals surface area contributed by atoms with Gasteiger partial charge in [0, 0.05) is 21.0 Å². The molecular weight excluding hydrogens is 160 g/mol. The van der Waals surface area contributed by atoms with Crippen molar-refractivity contribution in [1.29, 1.82) is 0 Å². The summed E-state index contributed by atoms with van der Waals surface area (Å²) in [4.78, 5) is 16.0. The predicted octanol–water partition coefficient (Wildman–Crippen LogP) is 0.774. The van der Waals surface area contributed by atoms with Gasteiger partial charge in [0.25, 0.3) is 0 Å². The number of amides is 1. The van der Waals surface area contributed by atoms with Gasteiger partial charge < -0.3 is 0 Å². The second kappa shape index (κ2) is 4.80. The molecule has 0 saturated carbocycles. The summed E-state index contributed by atoms with van der Waals surface area (Å²) in [6.07, 6.45) is 5.04. The third-order valence-corrected chi connectivity index (χ3v) is 1.86. The standard InChI is InChI=1S/C7H10N2OS/c1-5-11-7(8-3)9(4)6(2)10/h1H,2-4H3. The molecular formula is C7H10N2OS. The van der Waals surface area contributed by atoms with E-state index in [1.165, 1.54) is 11.8 Å².